The topological polar surface area (TPSA) is 195 Å². The highest BCUT2D eigenvalue weighted by Gasteiger charge is 2.42. The molecule has 6 rings (SSSR count). The lowest BCUT2D eigenvalue weighted by Gasteiger charge is -2.35. The largest absolute Gasteiger partial charge is 0.490 e. The van der Waals surface area contributed by atoms with E-state index in [1.165, 1.54) is 0 Å². The summed E-state index contributed by atoms with van der Waals surface area (Å²) >= 11 is 3.65. The smallest absolute Gasteiger partial charge is 0.296 e. The summed E-state index contributed by atoms with van der Waals surface area (Å²) in [7, 11) is -4.60. The Morgan fingerprint density at radius 1 is 1.02 bits per heavy atom. The maximum atomic E-state index is 14.3. The van der Waals surface area contributed by atoms with E-state index in [9.17, 15) is 38.7 Å². The minimum atomic E-state index is -4.60. The molecule has 0 amide bonds. The van der Waals surface area contributed by atoms with Gasteiger partial charge in [0.2, 0.25) is 0 Å². The van der Waals surface area contributed by atoms with Crippen LogP contribution >= 0.6 is 15.9 Å². The van der Waals surface area contributed by atoms with E-state index >= 15 is 0 Å². The van der Waals surface area contributed by atoms with Gasteiger partial charge in [0.05, 0.1) is 44.7 Å². The number of sulfonamides is 1. The first-order valence-corrected chi connectivity index (χ1v) is 20.4. The van der Waals surface area contributed by atoms with Gasteiger partial charge in [-0.25, -0.2) is 8.42 Å². The molecule has 1 heterocycles. The minimum absolute atomic E-state index is 0.00280. The number of anilines is 1. The first kappa shape index (κ1) is 39.6. The lowest BCUT2D eigenvalue weighted by atomic mass is 9.70. The van der Waals surface area contributed by atoms with Crippen LogP contribution in [0, 0.1) is 49.3 Å². The van der Waals surface area contributed by atoms with Gasteiger partial charge < -0.3 is 9.47 Å². The van der Waals surface area contributed by atoms with Gasteiger partial charge in [0.25, 0.3) is 21.4 Å². The predicted molar refractivity (Wildman–Crippen MR) is 208 cm³/mol. The standard InChI is InChI=1S/C39H40BrN5O9S/c1-4-8-25-15-31-38(34(46)16-25)37(29(20-41)23(3)42-31)27-17-30(40)39(35(18-27)53-5-2)54-22-26-9-6-7-10-32(26)43(21-24-11-12-24)55(51,52)36-14-13-28(44(47)48)19-33(36)45(49)50/h6-7,9-10,13-14,17-19,24-25,29,37H,4-5,8,11-12,15-16,21-22H2,1-3H3. The Morgan fingerprint density at radius 2 is 1.76 bits per heavy atom. The number of nitro benzene ring substituents is 2. The lowest BCUT2D eigenvalue weighted by Crippen LogP contribution is -2.34. The van der Waals surface area contributed by atoms with Crippen LogP contribution in [-0.4, -0.2) is 42.9 Å². The van der Waals surface area contributed by atoms with Gasteiger partial charge in [0, 0.05) is 47.5 Å². The molecule has 16 heteroatoms. The van der Waals surface area contributed by atoms with E-state index in [0.717, 1.165) is 47.8 Å². The van der Waals surface area contributed by atoms with Gasteiger partial charge in [-0.3, -0.25) is 34.3 Å². The third-order valence-corrected chi connectivity index (χ3v) is 12.6. The highest BCUT2D eigenvalue weighted by atomic mass is 79.9. The van der Waals surface area contributed by atoms with Gasteiger partial charge in [0.1, 0.15) is 6.61 Å². The number of allylic oxidation sites excluding steroid dienone is 2. The van der Waals surface area contributed by atoms with Gasteiger partial charge in [0.15, 0.2) is 22.2 Å². The number of hydrogen-bond donors (Lipinski definition) is 0. The zero-order valence-electron chi connectivity index (χ0n) is 30.6. The van der Waals surface area contributed by atoms with Crippen LogP contribution in [-0.2, 0) is 21.4 Å². The molecule has 1 aliphatic heterocycles. The van der Waals surface area contributed by atoms with E-state index in [1.807, 2.05) is 19.9 Å². The number of ether oxygens (including phenoxy) is 2. The number of aliphatic imine (C=N–C) groups is 1. The van der Waals surface area contributed by atoms with Crippen LogP contribution in [0.3, 0.4) is 0 Å². The third kappa shape index (κ3) is 8.13. The number of nitro groups is 2. The van der Waals surface area contributed by atoms with Gasteiger partial charge in [-0.15, -0.1) is 0 Å². The molecule has 2 aliphatic carbocycles. The Labute approximate surface area is 327 Å². The number of ketones is 1. The van der Waals surface area contributed by atoms with Crippen molar-refractivity contribution >= 4 is 54.5 Å². The van der Waals surface area contributed by atoms with Crippen molar-refractivity contribution in [3.63, 3.8) is 0 Å². The zero-order chi connectivity index (χ0) is 39.6. The number of para-hydroxylation sites is 1. The number of nitrogens with zero attached hydrogens (tertiary/aromatic N) is 5. The molecule has 1 fully saturated rings. The molecule has 0 spiro atoms. The highest BCUT2D eigenvalue weighted by molar-refractivity contribution is 9.10. The fourth-order valence-electron chi connectivity index (χ4n) is 7.43. The summed E-state index contributed by atoms with van der Waals surface area (Å²) in [5, 5.41) is 33.7. The molecule has 3 aromatic rings. The Hall–Kier alpha value is -5.14. The monoisotopic (exact) mass is 833 g/mol. The van der Waals surface area contributed by atoms with Crippen LogP contribution in [0.2, 0.25) is 0 Å². The van der Waals surface area contributed by atoms with Crippen molar-refractivity contribution < 1.29 is 32.5 Å². The van der Waals surface area contributed by atoms with Crippen molar-refractivity contribution in [1.29, 1.82) is 5.26 Å². The van der Waals surface area contributed by atoms with Crippen LogP contribution in [0.25, 0.3) is 0 Å². The number of carbonyl (C=O) groups excluding carboxylic acids is 1. The van der Waals surface area contributed by atoms with Crippen LogP contribution < -0.4 is 13.8 Å². The number of nitriles is 1. The fourth-order valence-corrected chi connectivity index (χ4v) is 9.73. The average Bonchev–Trinajstić information content (AvgIpc) is 3.97. The summed E-state index contributed by atoms with van der Waals surface area (Å²) in [5.74, 6) is -0.363. The molecule has 0 aromatic heterocycles. The number of halogens is 1. The van der Waals surface area contributed by atoms with Crippen molar-refractivity contribution in [2.45, 2.75) is 76.7 Å². The van der Waals surface area contributed by atoms with Crippen molar-refractivity contribution in [3.05, 3.63) is 102 Å². The molecule has 0 bridgehead atoms. The van der Waals surface area contributed by atoms with Crippen molar-refractivity contribution in [3.8, 4) is 17.6 Å². The predicted octanol–water partition coefficient (Wildman–Crippen LogP) is 8.58. The summed E-state index contributed by atoms with van der Waals surface area (Å²) < 4.78 is 42.6. The van der Waals surface area contributed by atoms with Gasteiger partial charge in [-0.05, 0) is 97.1 Å². The molecular formula is C39H40BrN5O9S. The van der Waals surface area contributed by atoms with Crippen LogP contribution in [0.5, 0.6) is 11.5 Å². The number of benzene rings is 3. The van der Waals surface area contributed by atoms with E-state index in [0.29, 0.717) is 57.3 Å². The van der Waals surface area contributed by atoms with Crippen molar-refractivity contribution in [2.75, 3.05) is 17.5 Å². The maximum absolute atomic E-state index is 14.3. The van der Waals surface area contributed by atoms with E-state index in [-0.39, 0.29) is 43.1 Å². The Kier molecular flexibility index (Phi) is 11.7. The van der Waals surface area contributed by atoms with Crippen molar-refractivity contribution in [2.24, 2.45) is 22.7 Å². The number of non-ortho nitro benzene ring substituents is 1. The molecule has 1 saturated carbocycles. The fraction of sp³-hybridized carbons (Fsp3) is 0.410. The minimum Gasteiger partial charge on any atom is -0.490 e. The third-order valence-electron chi connectivity index (χ3n) is 10.2. The zero-order valence-corrected chi connectivity index (χ0v) is 33.0. The Balaban J connectivity index is 1.36. The second-order valence-electron chi connectivity index (χ2n) is 14.0. The van der Waals surface area contributed by atoms with E-state index in [1.54, 1.807) is 30.3 Å². The van der Waals surface area contributed by atoms with Gasteiger partial charge in [-0.1, -0.05) is 31.5 Å². The summed E-state index contributed by atoms with van der Waals surface area (Å²) in [6.07, 6.45) is 4.49. The molecule has 3 unspecified atom stereocenters. The van der Waals surface area contributed by atoms with E-state index in [2.05, 4.69) is 28.9 Å². The van der Waals surface area contributed by atoms with Gasteiger partial charge >= 0.3 is 0 Å². The molecule has 3 aliphatic rings. The normalized spacial score (nSPS) is 19.6. The number of hydrogen-bond acceptors (Lipinski definition) is 11. The lowest BCUT2D eigenvalue weighted by molar-refractivity contribution is -0.396. The van der Waals surface area contributed by atoms with E-state index < -0.39 is 48.0 Å². The van der Waals surface area contributed by atoms with Gasteiger partial charge in [-0.2, -0.15) is 5.26 Å². The molecular weight excluding hydrogens is 794 g/mol. The second kappa shape index (κ2) is 16.3. The molecule has 55 heavy (non-hydrogen) atoms. The summed E-state index contributed by atoms with van der Waals surface area (Å²) in [6, 6.07) is 15.1. The summed E-state index contributed by atoms with van der Waals surface area (Å²) in [4.78, 5) is 39.4. The molecule has 288 valence electrons. The Morgan fingerprint density at radius 3 is 2.42 bits per heavy atom. The Bertz CT molecular complexity index is 2260. The number of rotatable bonds is 15. The maximum Gasteiger partial charge on any atom is 0.296 e. The molecule has 0 saturated heterocycles. The molecule has 3 aromatic carbocycles. The molecule has 14 nitrogen and oxygen atoms in total. The molecule has 0 N–H and O–H groups in total. The molecule has 3 atom stereocenters. The first-order chi connectivity index (χ1) is 26.3. The van der Waals surface area contributed by atoms with Crippen LogP contribution in [0.1, 0.15) is 76.3 Å². The quantitative estimate of drug-likeness (QED) is 0.106. The number of Topliss-reactive ketones (excluding diaryl/α,β-unsaturated/α-hetero) is 1. The summed E-state index contributed by atoms with van der Waals surface area (Å²) in [5.41, 5.74) is 1.81. The highest BCUT2D eigenvalue weighted by Crippen LogP contribution is 2.48. The molecule has 0 radical (unpaired) electrons. The summed E-state index contributed by atoms with van der Waals surface area (Å²) in [6.45, 7) is 5.88. The first-order valence-electron chi connectivity index (χ1n) is 18.1. The SMILES string of the molecule is CCCC1CC(=O)C2=C(C1)N=C(C)C(C#N)C2c1cc(Br)c(OCc2ccccc2N(CC2CC2)S(=O)(=O)c2ccc([N+](=O)[O-])cc2[N+](=O)[O-])c(OCC)c1. The van der Waals surface area contributed by atoms with Crippen LogP contribution in [0.4, 0.5) is 17.1 Å². The average molecular weight is 835 g/mol. The van der Waals surface area contributed by atoms with Crippen LogP contribution in [0.15, 0.2) is 80.2 Å². The second-order valence-corrected chi connectivity index (χ2v) is 16.7. The van der Waals surface area contributed by atoms with E-state index in [4.69, 9.17) is 14.5 Å². The van der Waals surface area contributed by atoms with Crippen molar-refractivity contribution in [1.82, 2.24) is 0 Å². The number of carbonyl (C=O) groups is 1.